The number of carbonyl (C=O) groups excluding carboxylic acids is 1. The maximum absolute atomic E-state index is 11.2. The van der Waals surface area contributed by atoms with Crippen LogP contribution in [0.5, 0.6) is 0 Å². The van der Waals surface area contributed by atoms with Gasteiger partial charge in [0.15, 0.2) is 6.29 Å². The second-order valence-electron chi connectivity index (χ2n) is 4.59. The molecule has 1 aromatic rings. The molecule has 1 N–H and O–H groups in total. The average Bonchev–Trinajstić information content (AvgIpc) is 2.63. The highest BCUT2D eigenvalue weighted by molar-refractivity contribution is 5.85. The number of aldehydes is 1. The molecule has 1 saturated heterocycles. The molecule has 0 aromatic carbocycles. The van der Waals surface area contributed by atoms with E-state index < -0.39 is 0 Å². The van der Waals surface area contributed by atoms with Crippen molar-refractivity contribution < 1.29 is 9.90 Å². The number of anilines is 1. The lowest BCUT2D eigenvalue weighted by molar-refractivity contribution is 0.112. The molecule has 0 bridgehead atoms. The van der Waals surface area contributed by atoms with Crippen LogP contribution in [0.4, 0.5) is 5.82 Å². The number of piperidine rings is 1. The third-order valence-electron chi connectivity index (χ3n) is 3.47. The number of nitrogens with zero attached hydrogens (tertiary/aromatic N) is 3. The van der Waals surface area contributed by atoms with Crippen LogP contribution in [-0.4, -0.2) is 40.4 Å². The van der Waals surface area contributed by atoms with Gasteiger partial charge >= 0.3 is 0 Å². The molecule has 1 unspecified atom stereocenters. The minimum atomic E-state index is 0.109. The maximum Gasteiger partial charge on any atom is 0.155 e. The van der Waals surface area contributed by atoms with Gasteiger partial charge in [0.1, 0.15) is 5.82 Å². The minimum absolute atomic E-state index is 0.109. The number of carbonyl (C=O) groups is 1. The summed E-state index contributed by atoms with van der Waals surface area (Å²) >= 11 is 0. The molecule has 0 amide bonds. The summed E-state index contributed by atoms with van der Waals surface area (Å²) in [6, 6.07) is 0.109. The molecule has 94 valence electrons. The lowest BCUT2D eigenvalue weighted by Gasteiger charge is -2.36. The van der Waals surface area contributed by atoms with E-state index in [4.69, 9.17) is 0 Å². The smallest absolute Gasteiger partial charge is 0.155 e. The van der Waals surface area contributed by atoms with Crippen molar-refractivity contribution in [2.24, 2.45) is 7.05 Å². The highest BCUT2D eigenvalue weighted by atomic mass is 16.3. The molecular weight excluding hydrogens is 218 g/mol. The van der Waals surface area contributed by atoms with Crippen LogP contribution in [0.25, 0.3) is 0 Å². The van der Waals surface area contributed by atoms with Crippen LogP contribution >= 0.6 is 0 Å². The van der Waals surface area contributed by atoms with Crippen molar-refractivity contribution in [3.05, 3.63) is 11.3 Å². The molecule has 2 rings (SSSR count). The quantitative estimate of drug-likeness (QED) is 0.793. The Labute approximate surface area is 101 Å². The highest BCUT2D eigenvalue weighted by Crippen LogP contribution is 2.28. The van der Waals surface area contributed by atoms with E-state index in [1.165, 1.54) is 0 Å². The van der Waals surface area contributed by atoms with Crippen LogP contribution in [0, 0.1) is 6.92 Å². The van der Waals surface area contributed by atoms with Gasteiger partial charge in [0, 0.05) is 13.6 Å². The van der Waals surface area contributed by atoms with Crippen molar-refractivity contribution >= 4 is 12.1 Å². The molecule has 1 aliphatic heterocycles. The molecule has 1 fully saturated rings. The van der Waals surface area contributed by atoms with Gasteiger partial charge in [-0.3, -0.25) is 9.48 Å². The van der Waals surface area contributed by atoms with Gasteiger partial charge in [-0.25, -0.2) is 0 Å². The van der Waals surface area contributed by atoms with E-state index in [1.807, 2.05) is 14.0 Å². The Morgan fingerprint density at radius 1 is 1.53 bits per heavy atom. The lowest BCUT2D eigenvalue weighted by atomic mass is 10.0. The Balaban J connectivity index is 2.40. The average molecular weight is 237 g/mol. The van der Waals surface area contributed by atoms with Gasteiger partial charge in [-0.05, 0) is 26.2 Å². The first-order chi connectivity index (χ1) is 8.19. The fourth-order valence-corrected chi connectivity index (χ4v) is 2.61. The normalized spacial score (nSPS) is 20.6. The van der Waals surface area contributed by atoms with Crippen LogP contribution in [0.1, 0.15) is 35.3 Å². The van der Waals surface area contributed by atoms with Crippen molar-refractivity contribution in [1.82, 2.24) is 9.78 Å². The van der Waals surface area contributed by atoms with Crippen molar-refractivity contribution in [2.75, 3.05) is 18.1 Å². The van der Waals surface area contributed by atoms with Crippen molar-refractivity contribution in [2.45, 2.75) is 32.2 Å². The van der Waals surface area contributed by atoms with Crippen molar-refractivity contribution in [1.29, 1.82) is 0 Å². The third kappa shape index (κ3) is 2.07. The molecule has 5 heteroatoms. The summed E-state index contributed by atoms with van der Waals surface area (Å²) in [7, 11) is 1.85. The van der Waals surface area contributed by atoms with E-state index in [9.17, 15) is 9.90 Å². The minimum Gasteiger partial charge on any atom is -0.394 e. The van der Waals surface area contributed by atoms with Gasteiger partial charge in [0.05, 0.1) is 23.9 Å². The van der Waals surface area contributed by atoms with Gasteiger partial charge in [-0.15, -0.1) is 0 Å². The predicted molar refractivity (Wildman–Crippen MR) is 65.4 cm³/mol. The summed E-state index contributed by atoms with van der Waals surface area (Å²) in [6.45, 7) is 2.85. The van der Waals surface area contributed by atoms with E-state index in [0.29, 0.717) is 5.56 Å². The number of aryl methyl sites for hydroxylation is 2. The Bertz CT molecular complexity index is 414. The molecule has 5 nitrogen and oxygen atoms in total. The van der Waals surface area contributed by atoms with E-state index >= 15 is 0 Å². The van der Waals surface area contributed by atoms with Crippen LogP contribution in [0.15, 0.2) is 0 Å². The van der Waals surface area contributed by atoms with Gasteiger partial charge in [0.2, 0.25) is 0 Å². The van der Waals surface area contributed by atoms with Crippen LogP contribution < -0.4 is 4.90 Å². The molecule has 1 aromatic heterocycles. The zero-order valence-electron chi connectivity index (χ0n) is 10.4. The number of rotatable bonds is 3. The first-order valence-electron chi connectivity index (χ1n) is 6.05. The number of hydrogen-bond donors (Lipinski definition) is 1. The number of hydrogen-bond acceptors (Lipinski definition) is 4. The zero-order chi connectivity index (χ0) is 12.4. The summed E-state index contributed by atoms with van der Waals surface area (Å²) in [5.74, 6) is 0.844. The second kappa shape index (κ2) is 4.87. The number of aliphatic hydroxyl groups excluding tert-OH is 1. The van der Waals surface area contributed by atoms with Crippen molar-refractivity contribution in [3.8, 4) is 0 Å². The molecule has 1 aliphatic rings. The summed E-state index contributed by atoms with van der Waals surface area (Å²) in [6.07, 6.45) is 4.06. The standard InChI is InChI=1S/C12H19N3O2/c1-9-11(8-17)12(14(2)13-9)15-6-4-3-5-10(15)7-16/h8,10,16H,3-7H2,1-2H3. The second-order valence-corrected chi connectivity index (χ2v) is 4.59. The molecule has 1 atom stereocenters. The van der Waals surface area contributed by atoms with Gasteiger partial charge in [-0.1, -0.05) is 0 Å². The Morgan fingerprint density at radius 3 is 2.94 bits per heavy atom. The summed E-state index contributed by atoms with van der Waals surface area (Å²) < 4.78 is 1.74. The monoisotopic (exact) mass is 237 g/mol. The first-order valence-corrected chi connectivity index (χ1v) is 6.05. The molecule has 0 spiro atoms. The SMILES string of the molecule is Cc1nn(C)c(N2CCCCC2CO)c1C=O. The molecule has 2 heterocycles. The summed E-state index contributed by atoms with van der Waals surface area (Å²) in [5, 5.41) is 13.7. The number of aromatic nitrogens is 2. The Morgan fingerprint density at radius 2 is 2.29 bits per heavy atom. The molecule has 17 heavy (non-hydrogen) atoms. The van der Waals surface area contributed by atoms with Crippen LogP contribution in [-0.2, 0) is 7.05 Å². The Hall–Kier alpha value is -1.36. The molecular formula is C12H19N3O2. The van der Waals surface area contributed by atoms with Crippen LogP contribution in [0.3, 0.4) is 0 Å². The Kier molecular flexibility index (Phi) is 3.47. The molecule has 0 saturated carbocycles. The van der Waals surface area contributed by atoms with Gasteiger partial charge < -0.3 is 10.0 Å². The van der Waals surface area contributed by atoms with Crippen LogP contribution in [0.2, 0.25) is 0 Å². The van der Waals surface area contributed by atoms with E-state index in [-0.39, 0.29) is 12.6 Å². The topological polar surface area (TPSA) is 58.4 Å². The fraction of sp³-hybridized carbons (Fsp3) is 0.667. The van der Waals surface area contributed by atoms with E-state index in [1.54, 1.807) is 4.68 Å². The lowest BCUT2D eigenvalue weighted by Crippen LogP contribution is -2.43. The molecule has 0 radical (unpaired) electrons. The summed E-state index contributed by atoms with van der Waals surface area (Å²) in [5.41, 5.74) is 1.40. The zero-order valence-corrected chi connectivity index (χ0v) is 10.4. The van der Waals surface area contributed by atoms with E-state index in [2.05, 4.69) is 10.00 Å². The maximum atomic E-state index is 11.2. The summed E-state index contributed by atoms with van der Waals surface area (Å²) in [4.78, 5) is 13.3. The highest BCUT2D eigenvalue weighted by Gasteiger charge is 2.27. The van der Waals surface area contributed by atoms with Crippen molar-refractivity contribution in [3.63, 3.8) is 0 Å². The van der Waals surface area contributed by atoms with Gasteiger partial charge in [-0.2, -0.15) is 5.10 Å². The third-order valence-corrected chi connectivity index (χ3v) is 3.47. The van der Waals surface area contributed by atoms with E-state index in [0.717, 1.165) is 43.6 Å². The molecule has 0 aliphatic carbocycles. The fourth-order valence-electron chi connectivity index (χ4n) is 2.61. The first kappa shape index (κ1) is 12.1. The largest absolute Gasteiger partial charge is 0.394 e. The van der Waals surface area contributed by atoms with Gasteiger partial charge in [0.25, 0.3) is 0 Å². The number of aliphatic hydroxyl groups is 1. The predicted octanol–water partition coefficient (Wildman–Crippen LogP) is 0.892.